The van der Waals surface area contributed by atoms with Gasteiger partial charge in [0.1, 0.15) is 18.1 Å². The molecule has 0 radical (unpaired) electrons. The van der Waals surface area contributed by atoms with Crippen molar-refractivity contribution < 1.29 is 24.1 Å². The molecule has 0 fully saturated rings. The predicted octanol–water partition coefficient (Wildman–Crippen LogP) is 3.67. The Morgan fingerprint density at radius 2 is 1.81 bits per heavy atom. The Balaban J connectivity index is 1.78. The van der Waals surface area contributed by atoms with Crippen LogP contribution in [0.5, 0.6) is 11.5 Å². The summed E-state index contributed by atoms with van der Waals surface area (Å²) in [7, 11) is 1.60. The molecule has 0 spiro atoms. The topological polar surface area (TPSA) is 90.8 Å². The number of benzene rings is 2. The van der Waals surface area contributed by atoms with Gasteiger partial charge in [-0.05, 0) is 36.8 Å². The molecule has 0 saturated heterocycles. The molecule has 7 heteroatoms. The molecule has 0 bridgehead atoms. The summed E-state index contributed by atoms with van der Waals surface area (Å²) < 4.78 is 16.2. The van der Waals surface area contributed by atoms with Gasteiger partial charge in [0.05, 0.1) is 25.0 Å². The van der Waals surface area contributed by atoms with Crippen molar-refractivity contribution in [3.05, 3.63) is 78.6 Å². The van der Waals surface area contributed by atoms with Gasteiger partial charge in [0.25, 0.3) is 0 Å². The van der Waals surface area contributed by atoms with Crippen molar-refractivity contribution in [3.8, 4) is 22.9 Å². The van der Waals surface area contributed by atoms with Gasteiger partial charge in [-0.2, -0.15) is 0 Å². The summed E-state index contributed by atoms with van der Waals surface area (Å²) in [5, 5.41) is 10.2. The number of nitrogens with zero attached hydrogens (tertiary/aromatic N) is 2. The number of para-hydroxylation sites is 2. The smallest absolute Gasteiger partial charge is 0.339 e. The van der Waals surface area contributed by atoms with Crippen LogP contribution in [0.25, 0.3) is 17.0 Å². The number of carbonyl (C=O) groups excluding carboxylic acids is 1. The molecule has 3 aromatic rings. The van der Waals surface area contributed by atoms with Gasteiger partial charge in [-0.3, -0.25) is 0 Å². The van der Waals surface area contributed by atoms with E-state index in [2.05, 4.69) is 16.5 Å². The summed E-state index contributed by atoms with van der Waals surface area (Å²) in [6, 6.07) is 16.3. The van der Waals surface area contributed by atoms with Gasteiger partial charge in [-0.15, -0.1) is 0 Å². The Kier molecular flexibility index (Phi) is 7.35. The van der Waals surface area contributed by atoms with Gasteiger partial charge >= 0.3 is 5.97 Å². The number of aliphatic hydroxyl groups excluding tert-OH is 1. The number of esters is 1. The molecule has 1 unspecified atom stereocenters. The maximum Gasteiger partial charge on any atom is 0.339 e. The molecule has 160 valence electrons. The Labute approximate surface area is 181 Å². The molecule has 0 aliphatic carbocycles. The van der Waals surface area contributed by atoms with E-state index in [-0.39, 0.29) is 18.8 Å². The number of rotatable bonds is 9. The minimum absolute atomic E-state index is 0.157. The van der Waals surface area contributed by atoms with Crippen molar-refractivity contribution >= 4 is 11.5 Å². The van der Waals surface area contributed by atoms with Crippen LogP contribution in [0.2, 0.25) is 0 Å². The quantitative estimate of drug-likeness (QED) is 0.528. The first-order valence-electron chi connectivity index (χ1n) is 9.76. The molecule has 0 aliphatic rings. The summed E-state index contributed by atoms with van der Waals surface area (Å²) in [4.78, 5) is 20.8. The van der Waals surface area contributed by atoms with Gasteiger partial charge < -0.3 is 19.3 Å². The van der Waals surface area contributed by atoms with Crippen molar-refractivity contribution in [2.75, 3.05) is 13.7 Å². The van der Waals surface area contributed by atoms with Gasteiger partial charge in [-0.25, -0.2) is 14.8 Å². The molecule has 7 nitrogen and oxygen atoms in total. The lowest BCUT2D eigenvalue weighted by Crippen LogP contribution is -2.24. The summed E-state index contributed by atoms with van der Waals surface area (Å²) in [5.74, 6) is 0.914. The standard InChI is InChI=1S/C24H24N2O5/c1-4-30-24(28)22(27)16(2)18-9-5-8-12-21(18)31-15-17-13-14-25-23(26-17)19-10-6-7-11-20(19)29-3/h5-14,22,27H,2,4,15H2,1,3H3. The number of methoxy groups -OCH3 is 1. The fourth-order valence-electron chi connectivity index (χ4n) is 2.96. The average molecular weight is 420 g/mol. The monoisotopic (exact) mass is 420 g/mol. The van der Waals surface area contributed by atoms with Crippen molar-refractivity contribution in [2.24, 2.45) is 0 Å². The molecular weight excluding hydrogens is 396 g/mol. The Morgan fingerprint density at radius 3 is 2.55 bits per heavy atom. The highest BCUT2D eigenvalue weighted by atomic mass is 16.5. The Morgan fingerprint density at radius 1 is 1.10 bits per heavy atom. The highest BCUT2D eigenvalue weighted by molar-refractivity contribution is 5.91. The van der Waals surface area contributed by atoms with Crippen LogP contribution in [0.3, 0.4) is 0 Å². The van der Waals surface area contributed by atoms with Crippen LogP contribution in [0.15, 0.2) is 67.4 Å². The highest BCUT2D eigenvalue weighted by Crippen LogP contribution is 2.29. The number of ether oxygens (including phenoxy) is 3. The zero-order chi connectivity index (χ0) is 22.2. The second-order valence-corrected chi connectivity index (χ2v) is 6.54. The number of aliphatic hydroxyl groups is 1. The number of aromatic nitrogens is 2. The van der Waals surface area contributed by atoms with Crippen LogP contribution in [0, 0.1) is 0 Å². The number of carbonyl (C=O) groups is 1. The van der Waals surface area contributed by atoms with E-state index < -0.39 is 12.1 Å². The molecular formula is C24H24N2O5. The molecule has 1 atom stereocenters. The van der Waals surface area contributed by atoms with E-state index >= 15 is 0 Å². The minimum atomic E-state index is -1.47. The normalized spacial score (nSPS) is 11.5. The van der Waals surface area contributed by atoms with Crippen molar-refractivity contribution in [2.45, 2.75) is 19.6 Å². The van der Waals surface area contributed by atoms with Crippen LogP contribution < -0.4 is 9.47 Å². The minimum Gasteiger partial charge on any atom is -0.496 e. The number of hydrogen-bond donors (Lipinski definition) is 1. The summed E-state index contributed by atoms with van der Waals surface area (Å²) >= 11 is 0. The fourth-order valence-corrected chi connectivity index (χ4v) is 2.96. The highest BCUT2D eigenvalue weighted by Gasteiger charge is 2.23. The molecule has 0 amide bonds. The molecule has 3 rings (SSSR count). The van der Waals surface area contributed by atoms with Crippen molar-refractivity contribution in [1.29, 1.82) is 0 Å². The largest absolute Gasteiger partial charge is 0.496 e. The number of hydrogen-bond acceptors (Lipinski definition) is 7. The lowest BCUT2D eigenvalue weighted by Gasteiger charge is -2.16. The molecule has 1 heterocycles. The molecule has 1 aromatic heterocycles. The molecule has 2 aromatic carbocycles. The van der Waals surface area contributed by atoms with Crippen LogP contribution in [0.4, 0.5) is 0 Å². The second-order valence-electron chi connectivity index (χ2n) is 6.54. The Hall–Kier alpha value is -3.71. The third-order valence-corrected chi connectivity index (χ3v) is 4.51. The zero-order valence-corrected chi connectivity index (χ0v) is 17.4. The summed E-state index contributed by atoms with van der Waals surface area (Å²) in [6.45, 7) is 5.85. The zero-order valence-electron chi connectivity index (χ0n) is 17.4. The summed E-state index contributed by atoms with van der Waals surface area (Å²) in [6.07, 6.45) is 0.184. The SMILES string of the molecule is C=C(c1ccccc1OCc1ccnc(-c2ccccc2OC)n1)C(O)C(=O)OCC. The van der Waals surface area contributed by atoms with Crippen molar-refractivity contribution in [1.82, 2.24) is 9.97 Å². The van der Waals surface area contributed by atoms with Gasteiger partial charge in [0.2, 0.25) is 0 Å². The van der Waals surface area contributed by atoms with Crippen LogP contribution in [-0.2, 0) is 16.1 Å². The van der Waals surface area contributed by atoms with Gasteiger partial charge in [0, 0.05) is 11.8 Å². The second kappa shape index (κ2) is 10.4. The van der Waals surface area contributed by atoms with E-state index in [9.17, 15) is 9.90 Å². The summed E-state index contributed by atoms with van der Waals surface area (Å²) in [5.41, 5.74) is 2.15. The first-order chi connectivity index (χ1) is 15.0. The average Bonchev–Trinajstić information content (AvgIpc) is 2.82. The Bertz CT molecular complexity index is 1070. The lowest BCUT2D eigenvalue weighted by atomic mass is 10.0. The molecule has 1 N–H and O–H groups in total. The van der Waals surface area contributed by atoms with E-state index in [1.807, 2.05) is 24.3 Å². The maximum atomic E-state index is 11.9. The van der Waals surface area contributed by atoms with Gasteiger partial charge in [-0.1, -0.05) is 36.9 Å². The third-order valence-electron chi connectivity index (χ3n) is 4.51. The predicted molar refractivity (Wildman–Crippen MR) is 116 cm³/mol. The van der Waals surface area contributed by atoms with E-state index in [1.54, 1.807) is 50.6 Å². The first-order valence-corrected chi connectivity index (χ1v) is 9.76. The third kappa shape index (κ3) is 5.26. The molecule has 0 aliphatic heterocycles. The van der Waals surface area contributed by atoms with Crippen LogP contribution in [0.1, 0.15) is 18.2 Å². The first kappa shape index (κ1) is 22.0. The van der Waals surface area contributed by atoms with Gasteiger partial charge in [0.15, 0.2) is 11.9 Å². The molecule has 0 saturated carbocycles. The van der Waals surface area contributed by atoms with E-state index in [0.717, 1.165) is 5.56 Å². The van der Waals surface area contributed by atoms with Crippen LogP contribution >= 0.6 is 0 Å². The van der Waals surface area contributed by atoms with E-state index in [1.165, 1.54) is 0 Å². The van der Waals surface area contributed by atoms with Crippen LogP contribution in [-0.4, -0.2) is 40.9 Å². The van der Waals surface area contributed by atoms with Crippen molar-refractivity contribution in [3.63, 3.8) is 0 Å². The fraction of sp³-hybridized carbons (Fsp3) is 0.208. The van der Waals surface area contributed by atoms with E-state index in [0.29, 0.717) is 28.6 Å². The lowest BCUT2D eigenvalue weighted by molar-refractivity contribution is -0.149. The maximum absolute atomic E-state index is 11.9. The molecule has 31 heavy (non-hydrogen) atoms. The van der Waals surface area contributed by atoms with E-state index in [4.69, 9.17) is 14.2 Å².